The molecule has 1 N–H and O–H groups in total. The highest BCUT2D eigenvalue weighted by Gasteiger charge is 2.14. The maximum atomic E-state index is 11.8. The van der Waals surface area contributed by atoms with Gasteiger partial charge in [0.15, 0.2) is 6.10 Å². The molecule has 0 aliphatic rings. The van der Waals surface area contributed by atoms with Crippen molar-refractivity contribution >= 4 is 5.91 Å². The zero-order chi connectivity index (χ0) is 13.5. The van der Waals surface area contributed by atoms with Crippen LogP contribution < -0.4 is 10.1 Å². The molecular weight excluding hydrogens is 226 g/mol. The number of carbonyl (C=O) groups is 1. The second-order valence-electron chi connectivity index (χ2n) is 4.67. The number of rotatable bonds is 6. The maximum absolute atomic E-state index is 11.8. The molecule has 0 unspecified atom stereocenters. The third-order valence-electron chi connectivity index (χ3n) is 2.85. The van der Waals surface area contributed by atoms with Crippen LogP contribution in [0.5, 0.6) is 5.75 Å². The summed E-state index contributed by atoms with van der Waals surface area (Å²) in [5.74, 6) is 0.734. The maximum Gasteiger partial charge on any atom is 0.260 e. The molecule has 1 amide bonds. The van der Waals surface area contributed by atoms with Gasteiger partial charge in [-0.15, -0.1) is 0 Å². The molecular formula is C15H23NO2. The van der Waals surface area contributed by atoms with Crippen LogP contribution in [0.2, 0.25) is 0 Å². The summed E-state index contributed by atoms with van der Waals surface area (Å²) in [6, 6.07) is 6.01. The van der Waals surface area contributed by atoms with E-state index in [1.54, 1.807) is 6.92 Å². The van der Waals surface area contributed by atoms with E-state index in [-0.39, 0.29) is 5.91 Å². The van der Waals surface area contributed by atoms with E-state index in [0.717, 1.165) is 36.3 Å². The second-order valence-corrected chi connectivity index (χ2v) is 4.67. The van der Waals surface area contributed by atoms with Crippen molar-refractivity contribution in [3.63, 3.8) is 0 Å². The number of ether oxygens (including phenoxy) is 1. The predicted octanol–water partition coefficient (Wildman–Crippen LogP) is 2.99. The van der Waals surface area contributed by atoms with Crippen molar-refractivity contribution in [2.75, 3.05) is 6.54 Å². The first-order valence-electron chi connectivity index (χ1n) is 6.56. The van der Waals surface area contributed by atoms with E-state index in [9.17, 15) is 4.79 Å². The first kappa shape index (κ1) is 14.6. The smallest absolute Gasteiger partial charge is 0.260 e. The molecule has 0 aromatic heterocycles. The number of carbonyl (C=O) groups excluding carboxylic acids is 1. The monoisotopic (exact) mass is 249 g/mol. The molecule has 1 atom stereocenters. The third-order valence-corrected chi connectivity index (χ3v) is 2.85. The minimum atomic E-state index is -0.456. The zero-order valence-corrected chi connectivity index (χ0v) is 11.7. The van der Waals surface area contributed by atoms with Gasteiger partial charge in [0.25, 0.3) is 5.91 Å². The van der Waals surface area contributed by atoms with Gasteiger partial charge >= 0.3 is 0 Å². The Morgan fingerprint density at radius 3 is 2.78 bits per heavy atom. The van der Waals surface area contributed by atoms with E-state index in [1.165, 1.54) is 0 Å². The molecule has 0 spiro atoms. The van der Waals surface area contributed by atoms with Crippen LogP contribution in [0.4, 0.5) is 0 Å². The highest BCUT2D eigenvalue weighted by atomic mass is 16.5. The van der Waals surface area contributed by atoms with E-state index in [1.807, 2.05) is 32.0 Å². The zero-order valence-electron chi connectivity index (χ0n) is 11.7. The first-order valence-corrected chi connectivity index (χ1v) is 6.56. The number of amides is 1. The van der Waals surface area contributed by atoms with Gasteiger partial charge in [-0.25, -0.2) is 0 Å². The SMILES string of the molecule is CCCCNC(=O)[C@@H](C)Oc1cc(C)ccc1C. The molecule has 0 heterocycles. The Labute approximate surface area is 110 Å². The van der Waals surface area contributed by atoms with Crippen molar-refractivity contribution in [2.24, 2.45) is 0 Å². The van der Waals surface area contributed by atoms with Crippen molar-refractivity contribution in [1.82, 2.24) is 5.32 Å². The van der Waals surface area contributed by atoms with Gasteiger partial charge in [0.05, 0.1) is 0 Å². The van der Waals surface area contributed by atoms with Gasteiger partial charge in [-0.3, -0.25) is 4.79 Å². The summed E-state index contributed by atoms with van der Waals surface area (Å²) in [5.41, 5.74) is 2.18. The lowest BCUT2D eigenvalue weighted by molar-refractivity contribution is -0.127. The molecule has 0 saturated carbocycles. The quantitative estimate of drug-likeness (QED) is 0.787. The summed E-state index contributed by atoms with van der Waals surface area (Å²) in [6.45, 7) is 8.59. The molecule has 3 nitrogen and oxygen atoms in total. The van der Waals surface area contributed by atoms with Gasteiger partial charge in [-0.05, 0) is 44.4 Å². The van der Waals surface area contributed by atoms with Crippen molar-refractivity contribution in [3.8, 4) is 5.75 Å². The fourth-order valence-electron chi connectivity index (χ4n) is 1.61. The average molecular weight is 249 g/mol. The highest BCUT2D eigenvalue weighted by molar-refractivity contribution is 5.80. The number of hydrogen-bond donors (Lipinski definition) is 1. The molecule has 0 aliphatic carbocycles. The van der Waals surface area contributed by atoms with Gasteiger partial charge in [-0.2, -0.15) is 0 Å². The molecule has 0 bridgehead atoms. The fraction of sp³-hybridized carbons (Fsp3) is 0.533. The Hall–Kier alpha value is -1.51. The Kier molecular flexibility index (Phi) is 5.69. The van der Waals surface area contributed by atoms with E-state index < -0.39 is 6.10 Å². The van der Waals surface area contributed by atoms with Crippen LogP contribution in [0.3, 0.4) is 0 Å². The van der Waals surface area contributed by atoms with Crippen LogP contribution in [0, 0.1) is 13.8 Å². The molecule has 0 aliphatic heterocycles. The number of aryl methyl sites for hydroxylation is 2. The van der Waals surface area contributed by atoms with Crippen LogP contribution in [0.25, 0.3) is 0 Å². The molecule has 0 fully saturated rings. The van der Waals surface area contributed by atoms with E-state index >= 15 is 0 Å². The van der Waals surface area contributed by atoms with Crippen LogP contribution in [-0.2, 0) is 4.79 Å². The Morgan fingerprint density at radius 1 is 1.39 bits per heavy atom. The number of nitrogens with one attached hydrogen (secondary N) is 1. The van der Waals surface area contributed by atoms with E-state index in [4.69, 9.17) is 4.74 Å². The lowest BCUT2D eigenvalue weighted by Gasteiger charge is -2.16. The normalized spacial score (nSPS) is 12.0. The summed E-state index contributed by atoms with van der Waals surface area (Å²) in [4.78, 5) is 11.8. The summed E-state index contributed by atoms with van der Waals surface area (Å²) in [5, 5.41) is 2.87. The van der Waals surface area contributed by atoms with Gasteiger partial charge in [0, 0.05) is 6.54 Å². The van der Waals surface area contributed by atoms with Crippen LogP contribution >= 0.6 is 0 Å². The number of unbranched alkanes of at least 4 members (excludes halogenated alkanes) is 1. The molecule has 1 aromatic rings. The number of benzene rings is 1. The topological polar surface area (TPSA) is 38.3 Å². The predicted molar refractivity (Wildman–Crippen MR) is 73.9 cm³/mol. The average Bonchev–Trinajstić information content (AvgIpc) is 2.34. The molecule has 1 rings (SSSR count). The van der Waals surface area contributed by atoms with Gasteiger partial charge < -0.3 is 10.1 Å². The van der Waals surface area contributed by atoms with Crippen molar-refractivity contribution in [2.45, 2.75) is 46.6 Å². The first-order chi connectivity index (χ1) is 8.54. The van der Waals surface area contributed by atoms with Crippen molar-refractivity contribution < 1.29 is 9.53 Å². The van der Waals surface area contributed by atoms with Crippen LogP contribution in [-0.4, -0.2) is 18.6 Å². The van der Waals surface area contributed by atoms with E-state index in [0.29, 0.717) is 0 Å². The molecule has 1 aromatic carbocycles. The molecule has 100 valence electrons. The van der Waals surface area contributed by atoms with Gasteiger partial charge in [0.1, 0.15) is 5.75 Å². The van der Waals surface area contributed by atoms with Gasteiger partial charge in [0.2, 0.25) is 0 Å². The third kappa shape index (κ3) is 4.40. The largest absolute Gasteiger partial charge is 0.481 e. The molecule has 0 radical (unpaired) electrons. The minimum Gasteiger partial charge on any atom is -0.481 e. The summed E-state index contributed by atoms with van der Waals surface area (Å²) in [7, 11) is 0. The lowest BCUT2D eigenvalue weighted by atomic mass is 10.1. The summed E-state index contributed by atoms with van der Waals surface area (Å²) >= 11 is 0. The van der Waals surface area contributed by atoms with Crippen LogP contribution in [0.15, 0.2) is 18.2 Å². The summed E-state index contributed by atoms with van der Waals surface area (Å²) < 4.78 is 5.71. The fourth-order valence-corrected chi connectivity index (χ4v) is 1.61. The molecule has 0 saturated heterocycles. The molecule has 18 heavy (non-hydrogen) atoms. The molecule has 3 heteroatoms. The van der Waals surface area contributed by atoms with Crippen LogP contribution in [0.1, 0.15) is 37.8 Å². The van der Waals surface area contributed by atoms with E-state index in [2.05, 4.69) is 12.2 Å². The minimum absolute atomic E-state index is 0.0515. The second kappa shape index (κ2) is 7.04. The summed E-state index contributed by atoms with van der Waals surface area (Å²) in [6.07, 6.45) is 1.62. The Balaban J connectivity index is 2.55. The number of hydrogen-bond acceptors (Lipinski definition) is 2. The lowest BCUT2D eigenvalue weighted by Crippen LogP contribution is -2.36. The standard InChI is InChI=1S/C15H23NO2/c1-5-6-9-16-15(17)13(4)18-14-10-11(2)7-8-12(14)3/h7-8,10,13H,5-6,9H2,1-4H3,(H,16,17)/t13-/m1/s1. The van der Waals surface area contributed by atoms with Crippen molar-refractivity contribution in [1.29, 1.82) is 0 Å². The van der Waals surface area contributed by atoms with Gasteiger partial charge in [-0.1, -0.05) is 25.5 Å². The highest BCUT2D eigenvalue weighted by Crippen LogP contribution is 2.20. The van der Waals surface area contributed by atoms with Crippen molar-refractivity contribution in [3.05, 3.63) is 29.3 Å². The Morgan fingerprint density at radius 2 is 2.11 bits per heavy atom. The Bertz CT molecular complexity index is 401.